The second-order valence-electron chi connectivity index (χ2n) is 7.20. The number of hydrogen-bond acceptors (Lipinski definition) is 3. The van der Waals surface area contributed by atoms with Crippen LogP contribution in [0.3, 0.4) is 0 Å². The Morgan fingerprint density at radius 1 is 1.43 bits per heavy atom. The molecule has 6 nitrogen and oxygen atoms in total. The van der Waals surface area contributed by atoms with E-state index in [4.69, 9.17) is 0 Å². The summed E-state index contributed by atoms with van der Waals surface area (Å²) < 4.78 is 16.5. The lowest BCUT2D eigenvalue weighted by molar-refractivity contribution is 0.0201. The van der Waals surface area contributed by atoms with E-state index < -0.39 is 11.6 Å². The van der Waals surface area contributed by atoms with Crippen molar-refractivity contribution in [2.45, 2.75) is 25.6 Å². The topological polar surface area (TPSA) is 44.6 Å². The predicted octanol–water partition coefficient (Wildman–Crippen LogP) is 1.34. The third-order valence-electron chi connectivity index (χ3n) is 5.10. The number of aryl methyl sites for hydroxylation is 1. The van der Waals surface area contributed by atoms with Crippen LogP contribution >= 0.6 is 0 Å². The van der Waals surface area contributed by atoms with Gasteiger partial charge in [0, 0.05) is 64.5 Å². The molecule has 0 radical (unpaired) electrons. The first-order valence-corrected chi connectivity index (χ1v) is 8.20. The molecule has 1 aromatic rings. The van der Waals surface area contributed by atoms with Gasteiger partial charge in [-0.3, -0.25) is 9.58 Å². The van der Waals surface area contributed by atoms with Gasteiger partial charge in [-0.1, -0.05) is 0 Å². The number of hydrogen-bond donors (Lipinski definition) is 0. The molecule has 2 amide bonds. The van der Waals surface area contributed by atoms with Crippen molar-refractivity contribution in [2.75, 3.05) is 40.3 Å². The summed E-state index contributed by atoms with van der Waals surface area (Å²) in [4.78, 5) is 17.9. The molecule has 0 saturated carbocycles. The molecule has 2 atom stereocenters. The summed E-state index contributed by atoms with van der Waals surface area (Å²) in [5.74, 6) is 0. The standard InChI is InChI=1S/C16H26FN5O/c1-19(2)15(23)22-6-4-14(17)16(12-22)5-7-21(11-16)10-13-8-18-20(3)9-13/h8-9,14H,4-7,10-12H2,1-3H3/t14-,16-/m0/s1. The molecule has 1 aromatic heterocycles. The zero-order valence-electron chi connectivity index (χ0n) is 14.2. The van der Waals surface area contributed by atoms with Gasteiger partial charge in [0.25, 0.3) is 0 Å². The molecule has 0 aliphatic carbocycles. The van der Waals surface area contributed by atoms with Gasteiger partial charge in [0.15, 0.2) is 0 Å². The molecule has 0 unspecified atom stereocenters. The molecule has 0 N–H and O–H groups in total. The lowest BCUT2D eigenvalue weighted by Crippen LogP contribution is -2.55. The molecule has 3 heterocycles. The van der Waals surface area contributed by atoms with Gasteiger partial charge in [-0.15, -0.1) is 0 Å². The Kier molecular flexibility index (Phi) is 4.31. The number of likely N-dealkylation sites (tertiary alicyclic amines) is 2. The van der Waals surface area contributed by atoms with Crippen molar-refractivity contribution in [1.29, 1.82) is 0 Å². The Labute approximate surface area is 136 Å². The van der Waals surface area contributed by atoms with E-state index in [0.717, 1.165) is 25.1 Å². The van der Waals surface area contributed by atoms with E-state index in [0.29, 0.717) is 26.1 Å². The number of nitrogens with zero attached hydrogens (tertiary/aromatic N) is 5. The van der Waals surface area contributed by atoms with Crippen molar-refractivity contribution in [3.63, 3.8) is 0 Å². The zero-order valence-corrected chi connectivity index (χ0v) is 14.2. The highest BCUT2D eigenvalue weighted by molar-refractivity contribution is 5.74. The minimum atomic E-state index is -0.826. The average molecular weight is 323 g/mol. The van der Waals surface area contributed by atoms with Crippen molar-refractivity contribution in [2.24, 2.45) is 12.5 Å². The first kappa shape index (κ1) is 16.2. The average Bonchev–Trinajstić information content (AvgIpc) is 3.09. The SMILES string of the molecule is CN(C)C(=O)N1CC[C@H](F)[C@]2(CCN(Cc3cnn(C)c3)C2)C1. The Hall–Kier alpha value is -1.63. The molecule has 2 fully saturated rings. The van der Waals surface area contributed by atoms with Crippen molar-refractivity contribution in [3.8, 4) is 0 Å². The van der Waals surface area contributed by atoms with E-state index in [1.54, 1.807) is 23.7 Å². The van der Waals surface area contributed by atoms with Crippen molar-refractivity contribution in [3.05, 3.63) is 18.0 Å². The first-order chi connectivity index (χ1) is 10.9. The third-order valence-corrected chi connectivity index (χ3v) is 5.10. The number of amides is 2. The smallest absolute Gasteiger partial charge is 0.319 e. The second-order valence-corrected chi connectivity index (χ2v) is 7.20. The van der Waals surface area contributed by atoms with Gasteiger partial charge in [-0.05, 0) is 19.4 Å². The minimum absolute atomic E-state index is 0.0121. The highest BCUT2D eigenvalue weighted by Crippen LogP contribution is 2.41. The second kappa shape index (κ2) is 6.11. The van der Waals surface area contributed by atoms with Crippen molar-refractivity contribution < 1.29 is 9.18 Å². The lowest BCUT2D eigenvalue weighted by atomic mass is 9.77. The number of rotatable bonds is 2. The van der Waals surface area contributed by atoms with Crippen LogP contribution in [-0.4, -0.2) is 77.0 Å². The highest BCUT2D eigenvalue weighted by Gasteiger charge is 2.49. The first-order valence-electron chi connectivity index (χ1n) is 8.20. The summed E-state index contributed by atoms with van der Waals surface area (Å²) in [5, 5.41) is 4.19. The molecule has 0 bridgehead atoms. The largest absolute Gasteiger partial charge is 0.331 e. The quantitative estimate of drug-likeness (QED) is 0.825. The number of alkyl halides is 1. The maximum absolute atomic E-state index is 14.7. The van der Waals surface area contributed by atoms with E-state index in [1.165, 1.54) is 0 Å². The van der Waals surface area contributed by atoms with Crippen LogP contribution in [0.25, 0.3) is 0 Å². The van der Waals surface area contributed by atoms with Crippen LogP contribution in [0.15, 0.2) is 12.4 Å². The molecule has 2 saturated heterocycles. The van der Waals surface area contributed by atoms with Crippen molar-refractivity contribution >= 4 is 6.03 Å². The summed E-state index contributed by atoms with van der Waals surface area (Å²) in [5.41, 5.74) is 0.739. The van der Waals surface area contributed by atoms with Crippen LogP contribution in [-0.2, 0) is 13.6 Å². The summed E-state index contributed by atoms with van der Waals surface area (Å²) in [6, 6.07) is -0.0121. The molecule has 128 valence electrons. The van der Waals surface area contributed by atoms with E-state index in [-0.39, 0.29) is 6.03 Å². The third kappa shape index (κ3) is 3.20. The maximum Gasteiger partial charge on any atom is 0.319 e. The van der Waals surface area contributed by atoms with Gasteiger partial charge in [-0.25, -0.2) is 9.18 Å². The molecule has 3 rings (SSSR count). The Balaban J connectivity index is 1.67. The molecule has 23 heavy (non-hydrogen) atoms. The molecule has 2 aliphatic rings. The van der Waals surface area contributed by atoms with Gasteiger partial charge in [-0.2, -0.15) is 5.10 Å². The normalized spacial score (nSPS) is 28.5. The van der Waals surface area contributed by atoms with E-state index in [1.807, 2.05) is 24.3 Å². The van der Waals surface area contributed by atoms with Gasteiger partial charge in [0.1, 0.15) is 6.17 Å². The van der Waals surface area contributed by atoms with Crippen LogP contribution in [0.5, 0.6) is 0 Å². The fourth-order valence-electron chi connectivity index (χ4n) is 3.90. The summed E-state index contributed by atoms with van der Waals surface area (Å²) >= 11 is 0. The summed E-state index contributed by atoms with van der Waals surface area (Å²) in [6.07, 6.45) is 4.29. The molecular formula is C16H26FN5O. The fraction of sp³-hybridized carbons (Fsp3) is 0.750. The van der Waals surface area contributed by atoms with Gasteiger partial charge >= 0.3 is 6.03 Å². The number of halogens is 1. The monoisotopic (exact) mass is 323 g/mol. The Morgan fingerprint density at radius 3 is 2.87 bits per heavy atom. The lowest BCUT2D eigenvalue weighted by Gasteiger charge is -2.43. The van der Waals surface area contributed by atoms with Crippen LogP contribution in [0, 0.1) is 5.41 Å². The highest BCUT2D eigenvalue weighted by atomic mass is 19.1. The van der Waals surface area contributed by atoms with Crippen LogP contribution in [0.2, 0.25) is 0 Å². The Morgan fingerprint density at radius 2 is 2.22 bits per heavy atom. The number of carbonyl (C=O) groups is 1. The number of aromatic nitrogens is 2. The molecule has 0 aromatic carbocycles. The number of piperidine rings is 1. The molecule has 2 aliphatic heterocycles. The summed E-state index contributed by atoms with van der Waals surface area (Å²) in [6.45, 7) is 3.42. The zero-order chi connectivity index (χ0) is 16.6. The van der Waals surface area contributed by atoms with Crippen LogP contribution in [0.1, 0.15) is 18.4 Å². The van der Waals surface area contributed by atoms with Gasteiger partial charge in [0.2, 0.25) is 0 Å². The molecule has 1 spiro atoms. The van der Waals surface area contributed by atoms with Crippen molar-refractivity contribution in [1.82, 2.24) is 24.5 Å². The maximum atomic E-state index is 14.7. The van der Waals surface area contributed by atoms with E-state index in [9.17, 15) is 9.18 Å². The number of carbonyl (C=O) groups excluding carboxylic acids is 1. The van der Waals surface area contributed by atoms with E-state index >= 15 is 0 Å². The number of urea groups is 1. The summed E-state index contributed by atoms with van der Waals surface area (Å²) in [7, 11) is 5.40. The molecule has 7 heteroatoms. The fourth-order valence-corrected chi connectivity index (χ4v) is 3.90. The van der Waals surface area contributed by atoms with Crippen LogP contribution in [0.4, 0.5) is 9.18 Å². The van der Waals surface area contributed by atoms with E-state index in [2.05, 4.69) is 10.00 Å². The van der Waals surface area contributed by atoms with Gasteiger partial charge in [0.05, 0.1) is 6.20 Å². The molecular weight excluding hydrogens is 297 g/mol. The van der Waals surface area contributed by atoms with Gasteiger partial charge < -0.3 is 9.80 Å². The minimum Gasteiger partial charge on any atom is -0.331 e. The predicted molar refractivity (Wildman–Crippen MR) is 85.7 cm³/mol. The Bertz CT molecular complexity index is 575. The van der Waals surface area contributed by atoms with Crippen LogP contribution < -0.4 is 0 Å².